The van der Waals surface area contributed by atoms with E-state index in [9.17, 15) is 4.79 Å². The van der Waals surface area contributed by atoms with Crippen LogP contribution in [0.4, 0.5) is 5.69 Å². The summed E-state index contributed by atoms with van der Waals surface area (Å²) in [5.41, 5.74) is 3.55. The van der Waals surface area contributed by atoms with E-state index in [4.69, 9.17) is 11.6 Å². The highest BCUT2D eigenvalue weighted by Gasteiger charge is 2.16. The Hall–Kier alpha value is -1.84. The number of nitrogens with zero attached hydrogens (tertiary/aromatic N) is 1. The number of nitrogens with one attached hydrogen (secondary N) is 1. The smallest absolute Gasteiger partial charge is 0.255 e. The average Bonchev–Trinajstić information content (AvgIpc) is 2.59. The molecule has 0 unspecified atom stereocenters. The van der Waals surface area contributed by atoms with Crippen molar-refractivity contribution in [1.82, 2.24) is 4.90 Å². The Balaban J connectivity index is 1.63. The van der Waals surface area contributed by atoms with Crippen LogP contribution in [-0.2, 0) is 6.54 Å². The monoisotopic (exact) mass is 356 g/mol. The summed E-state index contributed by atoms with van der Waals surface area (Å²) >= 11 is 6.11. The summed E-state index contributed by atoms with van der Waals surface area (Å²) in [4.78, 5) is 15.0. The molecule has 1 fully saturated rings. The molecule has 1 saturated heterocycles. The Labute approximate surface area is 155 Å². The fourth-order valence-corrected chi connectivity index (χ4v) is 3.56. The predicted molar refractivity (Wildman–Crippen MR) is 104 cm³/mol. The van der Waals surface area contributed by atoms with Crippen molar-refractivity contribution in [2.24, 2.45) is 5.92 Å². The molecule has 1 aliphatic heterocycles. The lowest BCUT2D eigenvalue weighted by molar-refractivity contribution is 0.102. The van der Waals surface area contributed by atoms with Crippen LogP contribution >= 0.6 is 11.6 Å². The zero-order chi connectivity index (χ0) is 17.8. The summed E-state index contributed by atoms with van der Waals surface area (Å²) in [5.74, 6) is 0.670. The first-order chi connectivity index (χ1) is 12.0. The molecular formula is C21H25ClN2O. The highest BCUT2D eigenvalue weighted by Crippen LogP contribution is 2.23. The third-order valence-corrected chi connectivity index (χ3v) is 5.29. The molecule has 3 nitrogen and oxygen atoms in total. The molecule has 1 amide bonds. The van der Waals surface area contributed by atoms with E-state index in [1.54, 1.807) is 0 Å². The highest BCUT2D eigenvalue weighted by atomic mass is 35.5. The lowest BCUT2D eigenvalue weighted by Crippen LogP contribution is -2.33. The Morgan fingerprint density at radius 1 is 1.24 bits per heavy atom. The summed E-state index contributed by atoms with van der Waals surface area (Å²) in [6, 6.07) is 13.4. The number of hydrogen-bond donors (Lipinski definition) is 1. The minimum absolute atomic E-state index is 0.108. The molecule has 2 aromatic rings. The van der Waals surface area contributed by atoms with Crippen molar-refractivity contribution in [2.45, 2.75) is 33.2 Å². The molecule has 2 aromatic carbocycles. The number of carbonyl (C=O) groups is 1. The molecule has 1 aliphatic rings. The number of carbonyl (C=O) groups excluding carboxylic acids is 1. The molecule has 3 rings (SSSR count). The Morgan fingerprint density at radius 3 is 2.72 bits per heavy atom. The lowest BCUT2D eigenvalue weighted by atomic mass is 9.99. The molecular weight excluding hydrogens is 332 g/mol. The molecule has 1 N–H and O–H groups in total. The number of hydrogen-bond acceptors (Lipinski definition) is 2. The Morgan fingerprint density at radius 2 is 2.00 bits per heavy atom. The summed E-state index contributed by atoms with van der Waals surface area (Å²) < 4.78 is 0. The summed E-state index contributed by atoms with van der Waals surface area (Å²) in [5, 5.41) is 3.60. The number of piperidine rings is 1. The van der Waals surface area contributed by atoms with Crippen molar-refractivity contribution in [2.75, 3.05) is 18.4 Å². The molecule has 0 spiro atoms. The van der Waals surface area contributed by atoms with E-state index in [1.807, 2.05) is 37.3 Å². The summed E-state index contributed by atoms with van der Waals surface area (Å²) in [6.07, 6.45) is 2.61. The maximum atomic E-state index is 12.5. The van der Waals surface area contributed by atoms with Crippen LogP contribution in [0.3, 0.4) is 0 Å². The van der Waals surface area contributed by atoms with Gasteiger partial charge >= 0.3 is 0 Å². The van der Waals surface area contributed by atoms with Gasteiger partial charge in [0, 0.05) is 29.4 Å². The van der Waals surface area contributed by atoms with Crippen LogP contribution in [-0.4, -0.2) is 23.9 Å². The third kappa shape index (κ3) is 4.62. The second-order valence-corrected chi connectivity index (χ2v) is 7.45. The van der Waals surface area contributed by atoms with E-state index in [0.717, 1.165) is 30.3 Å². The van der Waals surface area contributed by atoms with E-state index in [1.165, 1.54) is 24.9 Å². The number of halogens is 1. The fourth-order valence-electron chi connectivity index (χ4n) is 3.39. The highest BCUT2D eigenvalue weighted by molar-refractivity contribution is 6.31. The quantitative estimate of drug-likeness (QED) is 0.823. The van der Waals surface area contributed by atoms with Gasteiger partial charge < -0.3 is 5.32 Å². The first-order valence-electron chi connectivity index (χ1n) is 8.90. The summed E-state index contributed by atoms with van der Waals surface area (Å²) in [7, 11) is 0. The fraction of sp³-hybridized carbons (Fsp3) is 0.381. The maximum Gasteiger partial charge on any atom is 0.255 e. The number of amides is 1. The Kier molecular flexibility index (Phi) is 5.77. The number of anilines is 1. The third-order valence-electron chi connectivity index (χ3n) is 4.88. The van der Waals surface area contributed by atoms with Crippen LogP contribution in [0.5, 0.6) is 0 Å². The normalized spacial score (nSPS) is 18.1. The molecule has 0 aliphatic carbocycles. The molecule has 0 saturated carbocycles. The minimum atomic E-state index is -0.108. The maximum absolute atomic E-state index is 12.5. The van der Waals surface area contributed by atoms with E-state index in [2.05, 4.69) is 29.3 Å². The van der Waals surface area contributed by atoms with Crippen molar-refractivity contribution in [1.29, 1.82) is 0 Å². The van der Waals surface area contributed by atoms with Gasteiger partial charge in [-0.05, 0) is 67.6 Å². The molecule has 4 heteroatoms. The SMILES string of the molecule is Cc1c(Cl)cccc1NC(=O)c1ccc(CN2CCC[C@@H](C)C2)cc1. The second-order valence-electron chi connectivity index (χ2n) is 7.05. The van der Waals surface area contributed by atoms with Gasteiger partial charge in [-0.1, -0.05) is 36.7 Å². The van der Waals surface area contributed by atoms with Crippen LogP contribution < -0.4 is 5.32 Å². The molecule has 25 heavy (non-hydrogen) atoms. The van der Waals surface area contributed by atoms with Crippen molar-refractivity contribution in [3.05, 3.63) is 64.2 Å². The molecule has 1 atom stereocenters. The standard InChI is InChI=1S/C21H25ClN2O/c1-15-5-4-12-24(13-15)14-17-8-10-18(11-9-17)21(25)23-20-7-3-6-19(22)16(20)2/h3,6-11,15H,4-5,12-14H2,1-2H3,(H,23,25)/t15-/m1/s1. The van der Waals surface area contributed by atoms with Gasteiger partial charge in [0.2, 0.25) is 0 Å². The molecule has 0 aromatic heterocycles. The first kappa shape index (κ1) is 18.0. The topological polar surface area (TPSA) is 32.3 Å². The largest absolute Gasteiger partial charge is 0.322 e. The zero-order valence-electron chi connectivity index (χ0n) is 14.9. The molecule has 0 radical (unpaired) electrons. The number of likely N-dealkylation sites (tertiary alicyclic amines) is 1. The van der Waals surface area contributed by atoms with E-state index in [0.29, 0.717) is 10.6 Å². The second kappa shape index (κ2) is 8.03. The van der Waals surface area contributed by atoms with E-state index in [-0.39, 0.29) is 5.91 Å². The lowest BCUT2D eigenvalue weighted by Gasteiger charge is -2.30. The van der Waals surface area contributed by atoms with Gasteiger partial charge in [0.05, 0.1) is 0 Å². The van der Waals surface area contributed by atoms with Crippen LogP contribution in [0, 0.1) is 12.8 Å². The Bertz CT molecular complexity index is 742. The van der Waals surface area contributed by atoms with Gasteiger partial charge in [-0.25, -0.2) is 0 Å². The number of rotatable bonds is 4. The molecule has 0 bridgehead atoms. The van der Waals surface area contributed by atoms with Crippen LogP contribution in [0.2, 0.25) is 5.02 Å². The van der Waals surface area contributed by atoms with Crippen molar-refractivity contribution < 1.29 is 4.79 Å². The number of benzene rings is 2. The van der Waals surface area contributed by atoms with Crippen molar-refractivity contribution in [3.63, 3.8) is 0 Å². The van der Waals surface area contributed by atoms with E-state index < -0.39 is 0 Å². The molecule has 132 valence electrons. The van der Waals surface area contributed by atoms with Crippen LogP contribution in [0.25, 0.3) is 0 Å². The van der Waals surface area contributed by atoms with Crippen molar-refractivity contribution >= 4 is 23.2 Å². The van der Waals surface area contributed by atoms with Crippen molar-refractivity contribution in [3.8, 4) is 0 Å². The zero-order valence-corrected chi connectivity index (χ0v) is 15.6. The average molecular weight is 357 g/mol. The molecule has 1 heterocycles. The van der Waals surface area contributed by atoms with Gasteiger partial charge in [0.1, 0.15) is 0 Å². The minimum Gasteiger partial charge on any atom is -0.322 e. The van der Waals surface area contributed by atoms with E-state index >= 15 is 0 Å². The van der Waals surface area contributed by atoms with Crippen LogP contribution in [0.15, 0.2) is 42.5 Å². The van der Waals surface area contributed by atoms with Gasteiger partial charge in [0.15, 0.2) is 0 Å². The van der Waals surface area contributed by atoms with Gasteiger partial charge in [0.25, 0.3) is 5.91 Å². The predicted octanol–water partition coefficient (Wildman–Crippen LogP) is 5.13. The first-order valence-corrected chi connectivity index (χ1v) is 9.28. The van der Waals surface area contributed by atoms with Gasteiger partial charge in [-0.3, -0.25) is 9.69 Å². The summed E-state index contributed by atoms with van der Waals surface area (Å²) in [6.45, 7) is 7.51. The van der Waals surface area contributed by atoms with Gasteiger partial charge in [-0.2, -0.15) is 0 Å². The van der Waals surface area contributed by atoms with Gasteiger partial charge in [-0.15, -0.1) is 0 Å². The van der Waals surface area contributed by atoms with Crippen LogP contribution in [0.1, 0.15) is 41.3 Å².